The molecule has 3 amide bonds. The summed E-state index contributed by atoms with van der Waals surface area (Å²) < 4.78 is 0. The molecule has 5 nitrogen and oxygen atoms in total. The van der Waals surface area contributed by atoms with Crippen LogP contribution in [0.1, 0.15) is 33.6 Å². The monoisotopic (exact) mass is 330 g/mol. The van der Waals surface area contributed by atoms with Crippen molar-refractivity contribution < 1.29 is 14.4 Å². The van der Waals surface area contributed by atoms with Gasteiger partial charge in [-0.15, -0.1) is 11.3 Å². The number of nitrogens with zero attached hydrogens (tertiary/aromatic N) is 1. The molecular formula is C17H18N2O3S. The second-order valence-electron chi connectivity index (χ2n) is 6.62. The van der Waals surface area contributed by atoms with Gasteiger partial charge in [-0.25, -0.2) is 0 Å². The first-order valence-corrected chi connectivity index (χ1v) is 8.79. The zero-order chi connectivity index (χ0) is 16.3. The Morgan fingerprint density at radius 1 is 1.13 bits per heavy atom. The van der Waals surface area contributed by atoms with E-state index in [1.54, 1.807) is 5.38 Å². The number of fused-ring (bicyclic) bond motifs is 1. The minimum Gasteiger partial charge on any atom is -0.272 e. The standard InChI is InChI=1S/C17H18N2O3S/c1-8-9(2)23-7-12(8)15(20)18-19-16(21)13-10-3-4-11(6-5-10)14(13)17(19)22/h3-4,7,10-11,13-14H,5-6H2,1-2H3,(H,18,20)/t10-,11+,13-,14-/m0/s1. The van der Waals surface area contributed by atoms with Gasteiger partial charge in [-0.2, -0.15) is 5.01 Å². The first-order chi connectivity index (χ1) is 11.0. The van der Waals surface area contributed by atoms with Crippen LogP contribution in [0.3, 0.4) is 0 Å². The number of allylic oxidation sites excluding steroid dienone is 2. The van der Waals surface area contributed by atoms with Gasteiger partial charge in [0.2, 0.25) is 0 Å². The number of imide groups is 1. The van der Waals surface area contributed by atoms with Crippen molar-refractivity contribution in [1.29, 1.82) is 0 Å². The van der Waals surface area contributed by atoms with E-state index in [4.69, 9.17) is 0 Å². The lowest BCUT2D eigenvalue weighted by Gasteiger charge is -2.37. The van der Waals surface area contributed by atoms with Crippen LogP contribution in [0.4, 0.5) is 0 Å². The first-order valence-electron chi connectivity index (χ1n) is 7.91. The van der Waals surface area contributed by atoms with Crippen molar-refractivity contribution in [2.24, 2.45) is 23.7 Å². The van der Waals surface area contributed by atoms with Crippen molar-refractivity contribution in [2.45, 2.75) is 26.7 Å². The molecule has 1 saturated heterocycles. The average Bonchev–Trinajstić information content (AvgIpc) is 3.02. The van der Waals surface area contributed by atoms with Gasteiger partial charge in [0.1, 0.15) is 0 Å². The number of thiophene rings is 1. The number of amides is 3. The van der Waals surface area contributed by atoms with Gasteiger partial charge in [0.25, 0.3) is 17.7 Å². The predicted octanol–water partition coefficient (Wildman–Crippen LogP) is 2.21. The van der Waals surface area contributed by atoms with Gasteiger partial charge in [0.15, 0.2) is 0 Å². The van der Waals surface area contributed by atoms with E-state index in [1.165, 1.54) is 11.3 Å². The quantitative estimate of drug-likeness (QED) is 0.668. The first kappa shape index (κ1) is 14.6. The maximum atomic E-state index is 12.7. The number of hydrazine groups is 1. The fourth-order valence-electron chi connectivity index (χ4n) is 4.08. The Labute approximate surface area is 138 Å². The Morgan fingerprint density at radius 2 is 1.70 bits per heavy atom. The maximum Gasteiger partial charge on any atom is 0.271 e. The van der Waals surface area contributed by atoms with Gasteiger partial charge in [-0.3, -0.25) is 19.8 Å². The van der Waals surface area contributed by atoms with Crippen molar-refractivity contribution >= 4 is 29.1 Å². The van der Waals surface area contributed by atoms with Crippen molar-refractivity contribution in [3.63, 3.8) is 0 Å². The van der Waals surface area contributed by atoms with Crippen molar-refractivity contribution in [2.75, 3.05) is 0 Å². The number of aryl methyl sites for hydroxylation is 1. The van der Waals surface area contributed by atoms with Crippen molar-refractivity contribution in [3.8, 4) is 0 Å². The third kappa shape index (κ3) is 2.01. The van der Waals surface area contributed by atoms with E-state index >= 15 is 0 Å². The molecular weight excluding hydrogens is 312 g/mol. The fourth-order valence-corrected chi connectivity index (χ4v) is 4.95. The third-order valence-electron chi connectivity index (χ3n) is 5.50. The Morgan fingerprint density at radius 3 is 2.13 bits per heavy atom. The summed E-state index contributed by atoms with van der Waals surface area (Å²) in [6.45, 7) is 3.82. The van der Waals surface area contributed by atoms with Gasteiger partial charge in [0, 0.05) is 10.3 Å². The number of carbonyl (C=O) groups is 3. The lowest BCUT2D eigenvalue weighted by atomic mass is 9.63. The molecule has 2 fully saturated rings. The number of carbonyl (C=O) groups excluding carboxylic acids is 3. The maximum absolute atomic E-state index is 12.7. The number of rotatable bonds is 2. The molecule has 1 N–H and O–H groups in total. The summed E-state index contributed by atoms with van der Waals surface area (Å²) in [6, 6.07) is 0. The molecule has 4 atom stereocenters. The second-order valence-corrected chi connectivity index (χ2v) is 7.71. The molecule has 1 aliphatic heterocycles. The summed E-state index contributed by atoms with van der Waals surface area (Å²) >= 11 is 1.49. The molecule has 3 aliphatic carbocycles. The van der Waals surface area contributed by atoms with Crippen LogP contribution < -0.4 is 5.43 Å². The Kier molecular flexibility index (Phi) is 3.20. The molecule has 2 bridgehead atoms. The molecule has 0 spiro atoms. The Bertz CT molecular complexity index is 719. The number of hydrogen-bond acceptors (Lipinski definition) is 4. The molecule has 1 aromatic rings. The van der Waals surface area contributed by atoms with E-state index in [0.29, 0.717) is 5.56 Å². The molecule has 0 radical (unpaired) electrons. The van der Waals surface area contributed by atoms with Gasteiger partial charge >= 0.3 is 0 Å². The molecule has 1 aromatic heterocycles. The zero-order valence-corrected chi connectivity index (χ0v) is 13.9. The van der Waals surface area contributed by atoms with E-state index in [0.717, 1.165) is 28.3 Å². The minimum absolute atomic E-state index is 0.133. The predicted molar refractivity (Wildman–Crippen MR) is 85.4 cm³/mol. The Hall–Kier alpha value is -1.95. The topological polar surface area (TPSA) is 66.5 Å². The van der Waals surface area contributed by atoms with Gasteiger partial charge < -0.3 is 0 Å². The number of hydrogen-bond donors (Lipinski definition) is 1. The summed E-state index contributed by atoms with van der Waals surface area (Å²) in [5, 5.41) is 2.74. The summed E-state index contributed by atoms with van der Waals surface area (Å²) in [5.74, 6) is -1.21. The van der Waals surface area contributed by atoms with Gasteiger partial charge in [-0.1, -0.05) is 12.2 Å². The highest BCUT2D eigenvalue weighted by Crippen LogP contribution is 2.49. The third-order valence-corrected chi connectivity index (χ3v) is 6.52. The van der Waals surface area contributed by atoms with E-state index in [-0.39, 0.29) is 41.4 Å². The van der Waals surface area contributed by atoms with Crippen molar-refractivity contribution in [1.82, 2.24) is 10.4 Å². The summed E-state index contributed by atoms with van der Waals surface area (Å²) in [4.78, 5) is 38.8. The highest BCUT2D eigenvalue weighted by Gasteiger charge is 2.57. The lowest BCUT2D eigenvalue weighted by molar-refractivity contribution is -0.143. The van der Waals surface area contributed by atoms with Gasteiger partial charge in [0.05, 0.1) is 17.4 Å². The average molecular weight is 330 g/mol. The second kappa shape index (κ2) is 5.03. The van der Waals surface area contributed by atoms with E-state index in [9.17, 15) is 14.4 Å². The van der Waals surface area contributed by atoms with Crippen LogP contribution >= 0.6 is 11.3 Å². The molecule has 4 aliphatic rings. The summed E-state index contributed by atoms with van der Waals surface area (Å²) in [6.07, 6.45) is 6.04. The molecule has 6 heteroatoms. The van der Waals surface area contributed by atoms with Crippen LogP contribution in [-0.2, 0) is 9.59 Å². The SMILES string of the molecule is Cc1scc(C(=O)NN2C(=O)[C@@H]3[C@@H](C2=O)[C@H]2C=C[C@@H]3CC2)c1C. The van der Waals surface area contributed by atoms with Crippen LogP contribution in [0.5, 0.6) is 0 Å². The minimum atomic E-state index is -0.382. The molecule has 0 unspecified atom stereocenters. The van der Waals surface area contributed by atoms with Crippen LogP contribution in [0, 0.1) is 37.5 Å². The summed E-state index contributed by atoms with van der Waals surface area (Å²) in [5.41, 5.74) is 3.97. The molecule has 23 heavy (non-hydrogen) atoms. The molecule has 2 heterocycles. The smallest absolute Gasteiger partial charge is 0.271 e. The van der Waals surface area contributed by atoms with Crippen LogP contribution in [-0.4, -0.2) is 22.7 Å². The van der Waals surface area contributed by atoms with E-state index in [1.807, 2.05) is 13.8 Å². The molecule has 5 rings (SSSR count). The molecule has 0 aromatic carbocycles. The van der Waals surface area contributed by atoms with Gasteiger partial charge in [-0.05, 0) is 44.1 Å². The fraction of sp³-hybridized carbons (Fsp3) is 0.471. The van der Waals surface area contributed by atoms with Crippen LogP contribution in [0.2, 0.25) is 0 Å². The normalized spacial score (nSPS) is 31.7. The Balaban J connectivity index is 1.59. The molecule has 1 saturated carbocycles. The van der Waals surface area contributed by atoms with Crippen LogP contribution in [0.25, 0.3) is 0 Å². The van der Waals surface area contributed by atoms with E-state index < -0.39 is 0 Å². The number of nitrogens with one attached hydrogen (secondary N) is 1. The highest BCUT2D eigenvalue weighted by atomic mass is 32.1. The lowest BCUT2D eigenvalue weighted by Crippen LogP contribution is -2.46. The molecule has 120 valence electrons. The highest BCUT2D eigenvalue weighted by molar-refractivity contribution is 7.10. The van der Waals surface area contributed by atoms with E-state index in [2.05, 4.69) is 17.6 Å². The summed E-state index contributed by atoms with van der Waals surface area (Å²) in [7, 11) is 0. The zero-order valence-electron chi connectivity index (χ0n) is 13.0. The largest absolute Gasteiger partial charge is 0.272 e. The van der Waals surface area contributed by atoms with Crippen LogP contribution in [0.15, 0.2) is 17.5 Å². The van der Waals surface area contributed by atoms with Crippen molar-refractivity contribution in [3.05, 3.63) is 33.5 Å².